The van der Waals surface area contributed by atoms with Crippen LogP contribution in [0, 0.1) is 23.0 Å². The highest BCUT2D eigenvalue weighted by Gasteiger charge is 2.26. The van der Waals surface area contributed by atoms with Gasteiger partial charge >= 0.3 is 0 Å². The summed E-state index contributed by atoms with van der Waals surface area (Å²) in [4.78, 5) is 10.3. The van der Waals surface area contributed by atoms with Crippen LogP contribution in [0.2, 0.25) is 0 Å². The van der Waals surface area contributed by atoms with E-state index < -0.39 is 14.9 Å². The molecule has 1 aromatic carbocycles. The van der Waals surface area contributed by atoms with Gasteiger partial charge in [-0.3, -0.25) is 10.1 Å². The Bertz CT molecular complexity index is 654. The number of nitro benzene ring substituents is 1. The number of benzene rings is 1. The summed E-state index contributed by atoms with van der Waals surface area (Å²) < 4.78 is 27.7. The van der Waals surface area contributed by atoms with Crippen LogP contribution in [0.1, 0.15) is 25.3 Å². The number of hydrogen-bond donors (Lipinski definition) is 2. The van der Waals surface area contributed by atoms with Gasteiger partial charge in [0.2, 0.25) is 10.0 Å². The van der Waals surface area contributed by atoms with E-state index in [-0.39, 0.29) is 22.5 Å². The van der Waals surface area contributed by atoms with Crippen LogP contribution in [0.4, 0.5) is 5.69 Å². The summed E-state index contributed by atoms with van der Waals surface area (Å²) in [6, 6.07) is 3.60. The van der Waals surface area contributed by atoms with Crippen LogP contribution in [0.5, 0.6) is 0 Å². The summed E-state index contributed by atoms with van der Waals surface area (Å²) in [6.45, 7) is 5.19. The second-order valence-corrected chi connectivity index (χ2v) is 7.41. The van der Waals surface area contributed by atoms with E-state index in [9.17, 15) is 18.5 Å². The maximum Gasteiger partial charge on any atom is 0.269 e. The summed E-state index contributed by atoms with van der Waals surface area (Å²) in [5, 5.41) is 14.0. The van der Waals surface area contributed by atoms with Gasteiger partial charge < -0.3 is 5.32 Å². The van der Waals surface area contributed by atoms with Gasteiger partial charge in [0.05, 0.1) is 9.82 Å². The van der Waals surface area contributed by atoms with Crippen LogP contribution in [-0.2, 0) is 10.0 Å². The highest BCUT2D eigenvalue weighted by molar-refractivity contribution is 7.89. The SMILES string of the molecule is Cc1cc([N+](=O)[O-])ccc1S(=O)(=O)NC(C)C1CCCNC1. The average molecular weight is 327 g/mol. The van der Waals surface area contributed by atoms with Gasteiger partial charge in [0.15, 0.2) is 0 Å². The lowest BCUT2D eigenvalue weighted by Gasteiger charge is -2.28. The van der Waals surface area contributed by atoms with E-state index in [2.05, 4.69) is 10.0 Å². The lowest BCUT2D eigenvalue weighted by atomic mass is 9.94. The summed E-state index contributed by atoms with van der Waals surface area (Å²) in [5.41, 5.74) is 0.261. The minimum absolute atomic E-state index is 0.0914. The monoisotopic (exact) mass is 327 g/mol. The molecular weight excluding hydrogens is 306 g/mol. The Hall–Kier alpha value is -1.51. The molecule has 0 aromatic heterocycles. The maximum absolute atomic E-state index is 12.5. The lowest BCUT2D eigenvalue weighted by Crippen LogP contribution is -2.44. The molecule has 0 amide bonds. The molecular formula is C14H21N3O4S. The van der Waals surface area contributed by atoms with Crippen LogP contribution in [0.15, 0.2) is 23.1 Å². The number of piperidine rings is 1. The Labute approximate surface area is 130 Å². The molecule has 2 unspecified atom stereocenters. The van der Waals surface area contributed by atoms with Crippen molar-refractivity contribution in [3.8, 4) is 0 Å². The number of aryl methyl sites for hydroxylation is 1. The van der Waals surface area contributed by atoms with Gasteiger partial charge in [-0.2, -0.15) is 0 Å². The molecule has 1 fully saturated rings. The zero-order chi connectivity index (χ0) is 16.3. The molecule has 0 bridgehead atoms. The number of hydrogen-bond acceptors (Lipinski definition) is 5. The maximum atomic E-state index is 12.5. The van der Waals surface area contributed by atoms with Crippen molar-refractivity contribution in [2.45, 2.75) is 37.6 Å². The Morgan fingerprint density at radius 1 is 1.45 bits per heavy atom. The number of nitro groups is 1. The first-order valence-electron chi connectivity index (χ1n) is 7.29. The predicted molar refractivity (Wildman–Crippen MR) is 83.2 cm³/mol. The van der Waals surface area contributed by atoms with Gasteiger partial charge in [-0.05, 0) is 57.3 Å². The Balaban J connectivity index is 2.17. The van der Waals surface area contributed by atoms with Gasteiger partial charge in [-0.25, -0.2) is 13.1 Å². The molecule has 1 aromatic rings. The zero-order valence-corrected chi connectivity index (χ0v) is 13.5. The topological polar surface area (TPSA) is 101 Å². The van der Waals surface area contributed by atoms with E-state index in [1.807, 2.05) is 6.92 Å². The molecule has 0 radical (unpaired) electrons. The van der Waals surface area contributed by atoms with Gasteiger partial charge in [0.1, 0.15) is 0 Å². The third kappa shape index (κ3) is 3.82. The summed E-state index contributed by atoms with van der Waals surface area (Å²) in [6.07, 6.45) is 2.02. The fourth-order valence-corrected chi connectivity index (χ4v) is 4.30. The first kappa shape index (κ1) is 16.9. The van der Waals surface area contributed by atoms with Crippen LogP contribution >= 0.6 is 0 Å². The molecule has 0 aliphatic carbocycles. The molecule has 2 N–H and O–H groups in total. The number of sulfonamides is 1. The van der Waals surface area contributed by atoms with Gasteiger partial charge in [0.25, 0.3) is 5.69 Å². The highest BCUT2D eigenvalue weighted by Crippen LogP contribution is 2.22. The normalized spacial score (nSPS) is 20.5. The first-order chi connectivity index (χ1) is 10.3. The molecule has 1 aliphatic heterocycles. The van der Waals surface area contributed by atoms with Crippen LogP contribution in [0.3, 0.4) is 0 Å². The molecule has 1 aliphatic rings. The first-order valence-corrected chi connectivity index (χ1v) is 8.77. The van der Waals surface area contributed by atoms with Crippen LogP contribution < -0.4 is 10.0 Å². The van der Waals surface area contributed by atoms with Crippen LogP contribution in [0.25, 0.3) is 0 Å². The highest BCUT2D eigenvalue weighted by atomic mass is 32.2. The second-order valence-electron chi connectivity index (χ2n) is 5.72. The van der Waals surface area contributed by atoms with E-state index in [4.69, 9.17) is 0 Å². The van der Waals surface area contributed by atoms with E-state index >= 15 is 0 Å². The second kappa shape index (κ2) is 6.72. The van der Waals surface area contributed by atoms with Gasteiger partial charge in [-0.15, -0.1) is 0 Å². The molecule has 22 heavy (non-hydrogen) atoms. The van der Waals surface area contributed by atoms with Crippen molar-refractivity contribution < 1.29 is 13.3 Å². The van der Waals surface area contributed by atoms with Crippen molar-refractivity contribution in [2.75, 3.05) is 13.1 Å². The molecule has 2 atom stereocenters. The summed E-state index contributed by atoms with van der Waals surface area (Å²) in [5.74, 6) is 0.252. The molecule has 0 spiro atoms. The summed E-state index contributed by atoms with van der Waals surface area (Å²) >= 11 is 0. The van der Waals surface area contributed by atoms with Crippen molar-refractivity contribution >= 4 is 15.7 Å². The van der Waals surface area contributed by atoms with Crippen LogP contribution in [-0.4, -0.2) is 32.5 Å². The average Bonchev–Trinajstić information content (AvgIpc) is 2.47. The fraction of sp³-hybridized carbons (Fsp3) is 0.571. The third-order valence-corrected chi connectivity index (χ3v) is 5.76. The molecule has 122 valence electrons. The Kier molecular flexibility index (Phi) is 5.15. The number of rotatable bonds is 5. The van der Waals surface area contributed by atoms with Crippen molar-refractivity contribution in [3.05, 3.63) is 33.9 Å². The molecule has 2 rings (SSSR count). The van der Waals surface area contributed by atoms with E-state index in [0.717, 1.165) is 25.9 Å². The lowest BCUT2D eigenvalue weighted by molar-refractivity contribution is -0.385. The van der Waals surface area contributed by atoms with E-state index in [1.165, 1.54) is 18.2 Å². The minimum atomic E-state index is -3.68. The standard InChI is InChI=1S/C14H21N3O4S/c1-10-8-13(17(18)19)5-6-14(10)22(20,21)16-11(2)12-4-3-7-15-9-12/h5-6,8,11-12,15-16H,3-4,7,9H2,1-2H3. The van der Waals surface area contributed by atoms with Gasteiger partial charge in [0, 0.05) is 18.2 Å². The third-order valence-electron chi connectivity index (χ3n) is 4.04. The van der Waals surface area contributed by atoms with E-state index in [1.54, 1.807) is 6.92 Å². The summed E-state index contributed by atoms with van der Waals surface area (Å²) in [7, 11) is -3.68. The molecule has 8 heteroatoms. The Morgan fingerprint density at radius 3 is 2.73 bits per heavy atom. The molecule has 7 nitrogen and oxygen atoms in total. The van der Waals surface area contributed by atoms with Gasteiger partial charge in [-0.1, -0.05) is 0 Å². The van der Waals surface area contributed by atoms with Crippen molar-refractivity contribution in [1.29, 1.82) is 0 Å². The number of nitrogens with zero attached hydrogens (tertiary/aromatic N) is 1. The number of nitrogens with one attached hydrogen (secondary N) is 2. The smallest absolute Gasteiger partial charge is 0.269 e. The Morgan fingerprint density at radius 2 is 2.18 bits per heavy atom. The predicted octanol–water partition coefficient (Wildman–Crippen LogP) is 1.57. The van der Waals surface area contributed by atoms with Crippen molar-refractivity contribution in [1.82, 2.24) is 10.0 Å². The minimum Gasteiger partial charge on any atom is -0.316 e. The molecule has 1 heterocycles. The zero-order valence-electron chi connectivity index (χ0n) is 12.7. The largest absolute Gasteiger partial charge is 0.316 e. The van der Waals surface area contributed by atoms with E-state index in [0.29, 0.717) is 5.56 Å². The fourth-order valence-electron chi connectivity index (χ4n) is 2.76. The quantitative estimate of drug-likeness (QED) is 0.631. The number of non-ortho nitro benzene ring substituents is 1. The molecule has 0 saturated carbocycles. The molecule has 1 saturated heterocycles. The van der Waals surface area contributed by atoms with Crippen molar-refractivity contribution in [2.24, 2.45) is 5.92 Å². The van der Waals surface area contributed by atoms with Crippen molar-refractivity contribution in [3.63, 3.8) is 0 Å².